The van der Waals surface area contributed by atoms with Crippen molar-refractivity contribution < 1.29 is 460 Å². The summed E-state index contributed by atoms with van der Waals surface area (Å²) in [5, 5.41) is 26.0. The van der Waals surface area contributed by atoms with E-state index in [2.05, 4.69) is 182 Å². The Bertz CT molecular complexity index is 4310. The molecule has 31 nitrogen and oxygen atoms in total. The fourth-order valence-electron chi connectivity index (χ4n) is 11.1. The van der Waals surface area contributed by atoms with Crippen LogP contribution in [0.4, 0.5) is 22.4 Å². The summed E-state index contributed by atoms with van der Waals surface area (Å²) in [5.41, 5.74) is -8.83. The van der Waals surface area contributed by atoms with Gasteiger partial charge in [0.2, 0.25) is 0 Å². The second kappa shape index (κ2) is 103. The van der Waals surface area contributed by atoms with Crippen LogP contribution in [-0.4, -0.2) is 206 Å². The number of hydrogen-bond acceptors (Lipinski definition) is 31. The van der Waals surface area contributed by atoms with Gasteiger partial charge in [-0.2, -0.15) is 21.6 Å². The third-order valence-electron chi connectivity index (χ3n) is 17.4. The van der Waals surface area contributed by atoms with E-state index in [9.17, 15) is 107 Å². The molecule has 1 aromatic rings. The van der Waals surface area contributed by atoms with Gasteiger partial charge in [-0.05, 0) is 126 Å². The normalized spacial score (nSPS) is 16.7. The number of methoxy groups -OCH3 is 7. The Kier molecular flexibility index (Phi) is 131. The zero-order chi connectivity index (χ0) is 112. The predicted molar refractivity (Wildman–Crippen MR) is 533 cm³/mol. The van der Waals surface area contributed by atoms with Crippen LogP contribution >= 0.6 is 11.6 Å². The molecule has 841 valence electrons. The SMILES string of the molecule is C.C.C=CC(C)=O.CC.CC(C)CO.COC(=O)CC(=O)OC.COC(=O)OC.OB(O)c1ccc(Cl)cc1.[2H]CF.[CH2-]C([CH2-])=CC(C)=O.[CH2-]C([CH2-])=O.[CH2-]C1([CH2-])CC(=O)C=C(OCC(C)C)C1.[CH2-]C1([CH2-])CC(=O)CC(=O)C1.[CH2-]C1([CH2-])CC(=O)CC(=O)C1C(=O)OC.[CH2-]C1([CH2-])CC=CC(=O)C1.[CH2-]C1([CH2-])CCC(C(=O)OC)=C(OS(=O)(=O)C(F)(F)F)C1.[CH2-]C1([CH2-])CCC(C(=O)OC)C(=O)C1.[CH2-]C1([CH2-])CCCC(=O)C1.[Y].[Y].[Y].[Y].[Y].[Y].[Y].[Y].[Y]. The molecule has 4 fully saturated rings. The molecule has 0 amide bonds. The molecule has 7 aliphatic rings. The molecule has 150 heavy (non-hydrogen) atoms. The van der Waals surface area contributed by atoms with Gasteiger partial charge in [0.05, 0.1) is 95.0 Å². The van der Waals surface area contributed by atoms with Gasteiger partial charge in [-0.3, -0.25) is 105 Å². The number of benzene rings is 1. The molecule has 7 aliphatic carbocycles. The third-order valence-corrected chi connectivity index (χ3v) is 18.6. The van der Waals surface area contributed by atoms with Gasteiger partial charge in [0.15, 0.2) is 17.3 Å². The Labute approximate surface area is 1130 Å². The van der Waals surface area contributed by atoms with E-state index in [1.54, 1.807) is 36.4 Å². The van der Waals surface area contributed by atoms with E-state index in [1.165, 1.54) is 68.7 Å². The number of Topliss-reactive ketones (excluding diaryl/α,β-unsaturated/α-hetero) is 7. The van der Waals surface area contributed by atoms with E-state index in [0.717, 1.165) is 38.6 Å². The first-order chi connectivity index (χ1) is 63.8. The van der Waals surface area contributed by atoms with Crippen molar-refractivity contribution in [2.24, 2.45) is 61.6 Å². The molecule has 8 rings (SSSR count). The Morgan fingerprint density at radius 3 is 1.23 bits per heavy atom. The fraction of sp³-hybridized carbons (Fsp3) is 0.505. The Morgan fingerprint density at radius 2 is 0.947 bits per heavy atom. The van der Waals surface area contributed by atoms with Gasteiger partial charge in [0.1, 0.15) is 52.8 Å². The number of ether oxygens (including phenoxy) is 8. The molecule has 4 saturated carbocycles. The molecule has 0 bridgehead atoms. The van der Waals surface area contributed by atoms with Crippen molar-refractivity contribution in [1.82, 2.24) is 0 Å². The van der Waals surface area contributed by atoms with Crippen molar-refractivity contribution in [2.45, 2.75) is 204 Å². The van der Waals surface area contributed by atoms with Gasteiger partial charge < -0.3 is 197 Å². The van der Waals surface area contributed by atoms with E-state index < -0.39 is 116 Å². The van der Waals surface area contributed by atoms with Crippen LogP contribution in [0, 0.1) is 186 Å². The second-order valence-electron chi connectivity index (χ2n) is 33.8. The van der Waals surface area contributed by atoms with Crippen LogP contribution in [0.25, 0.3) is 0 Å². The van der Waals surface area contributed by atoms with Gasteiger partial charge in [0, 0.05) is 324 Å². The molecule has 2 atom stereocenters. The first-order valence-electron chi connectivity index (χ1n) is 43.2. The van der Waals surface area contributed by atoms with Crippen LogP contribution in [0.3, 0.4) is 0 Å². The van der Waals surface area contributed by atoms with Crippen molar-refractivity contribution in [3.05, 3.63) is 214 Å². The molecule has 47 heteroatoms. The number of aliphatic hydroxyl groups is 1. The van der Waals surface area contributed by atoms with E-state index in [-0.39, 0.29) is 429 Å². The Balaban J connectivity index is -0.0000000736. The van der Waals surface area contributed by atoms with E-state index in [0.29, 0.717) is 98.3 Å². The van der Waals surface area contributed by atoms with Crippen LogP contribution in [0.5, 0.6) is 0 Å². The number of alkyl halides is 4. The van der Waals surface area contributed by atoms with Crippen molar-refractivity contribution >= 4 is 134 Å². The number of esters is 5. The molecule has 9 radical (unpaired) electrons. The third kappa shape index (κ3) is 108. The average Bonchev–Trinajstić information content (AvgIpc) is 0.792. The number of ketones is 11. The molecule has 0 heterocycles. The standard InChI is InChI=1S/C12H18O2.C11H13F3O5S.C10H12O4.C10H14O3.C8H10O2.C8H12O.C8H10O.C6H6BClO2.C6H8O.C5H8O4.C4H10O.C4H6O.C3H6O3.C3H4O.C2H6.CH3F.2CH4.9Y/c1-9(2)8-14-11-5-10(13)6-12(3,4)7-11;1-10(2)5-4-7(9(15)18-3)8(6-10)19-20(16,17)11(12,13)14;1-10(2)5-6(11)4-7(12)8(10)9(13)14-3;1-10(2)5-4-7(8(11)6-10)9(12)13-3;1-8(2)4-6(9)3-7(10)5-8;2*1-8(2)5-3-4-7(9)6-8;8-6-3-1-5(2-4-6)7(9)10;1-5(2)4-6(3)7;1-8-4(6)3-5(7)9-2;1-4(2)3-5;1-3-4(2)5;1-5-3(4)6-2;1-3(2)4;2*1-2;;;;;;;;;;;/h5,9H,3-4,6-8H2,1-2H3;1-2,4-6H2,3H3;8H,1-2,4-5H2,3H3;7H,1-2,4-6H2,3H3;1-5H2;1-6H2;3-4H,1-2,5-6H2;1-4,9-10H;4H,1-2H2,3H3;3H2,1-2H3;4-5H,3H2,1-2H3;3H,1H2,2H3;1-2H3;1-2H2;1-2H3;1H3;2*1H4;;;;;;;;;/q7*-2;;-2;;;;;-2;;;;;;;;;;;;;/i;;;;;;;;;;;;;;;1D;;;;;;;;;;;. The Morgan fingerprint density at radius 1 is 0.547 bits per heavy atom. The van der Waals surface area contributed by atoms with E-state index in [1.807, 2.05) is 33.8 Å². The van der Waals surface area contributed by atoms with E-state index >= 15 is 0 Å². The maximum Gasteiger partial charge on any atom is 0.534 e. The fourth-order valence-corrected chi connectivity index (χ4v) is 11.7. The van der Waals surface area contributed by atoms with Gasteiger partial charge in [-0.25, -0.2) is 15.7 Å². The molecular weight excluding hydrogens is 2690 g/mol. The molecule has 0 saturated heterocycles. The summed E-state index contributed by atoms with van der Waals surface area (Å²) in [4.78, 5) is 181. The number of aliphatic hydroxyl groups excluding tert-OH is 1. The first-order valence-corrected chi connectivity index (χ1v) is 44.2. The van der Waals surface area contributed by atoms with Crippen molar-refractivity contribution in [3.63, 3.8) is 0 Å². The summed E-state index contributed by atoms with van der Waals surface area (Å²) < 4.78 is 114. The summed E-state index contributed by atoms with van der Waals surface area (Å²) in [6.07, 6.45) is 14.4. The maximum atomic E-state index is 12.3. The van der Waals surface area contributed by atoms with Crippen molar-refractivity contribution in [3.8, 4) is 0 Å². The molecule has 0 spiro atoms. The zero-order valence-corrected chi connectivity index (χ0v) is 116. The van der Waals surface area contributed by atoms with E-state index in [4.69, 9.17) is 32.9 Å². The average molecular weight is 2840 g/mol. The molecule has 0 aliphatic heterocycles. The van der Waals surface area contributed by atoms with Crippen molar-refractivity contribution in [1.29, 1.82) is 0 Å². The number of hydrogen-bond donors (Lipinski definition) is 3. The molecular formula is C103H154BClF4O31SY9-18. The number of rotatable bonds is 14. The van der Waals surface area contributed by atoms with Crippen LogP contribution in [0.15, 0.2) is 83.9 Å². The zero-order valence-electron chi connectivity index (χ0n) is 89.5. The first kappa shape index (κ1) is 191. The topological polar surface area (TPSA) is 468 Å². The Hall–Kier alpha value is -0.170. The number of halogens is 5. The smallest absolute Gasteiger partial charge is 0.498 e. The van der Waals surface area contributed by atoms with Crippen LogP contribution < -0.4 is 5.46 Å². The summed E-state index contributed by atoms with van der Waals surface area (Å²) in [6.45, 7) is 84.4. The number of allylic oxidation sites excluding steroid dienone is 8. The van der Waals surface area contributed by atoms with Crippen LogP contribution in [0.1, 0.15) is 200 Å². The predicted octanol–water partition coefficient (Wildman–Crippen LogP) is 16.3. The van der Waals surface area contributed by atoms with Gasteiger partial charge >= 0.3 is 58.7 Å². The molecule has 2 unspecified atom stereocenters. The van der Waals surface area contributed by atoms with Gasteiger partial charge in [-0.15, -0.1) is 12.2 Å². The number of carbonyl (C=O) groups excluding carboxylic acids is 17. The summed E-state index contributed by atoms with van der Waals surface area (Å²) >= 11 is 5.55. The molecule has 1 aromatic carbocycles. The second-order valence-corrected chi connectivity index (χ2v) is 35.8. The minimum absolute atomic E-state index is 0. The van der Waals surface area contributed by atoms with Crippen LogP contribution in [-0.2, 0) is 423 Å². The molecule has 0 aromatic heterocycles. The minimum atomic E-state index is -5.84. The number of carbonyl (C=O) groups is 17. The summed E-state index contributed by atoms with van der Waals surface area (Å²) in [6, 6.07) is 6.34. The summed E-state index contributed by atoms with van der Waals surface area (Å²) in [5.74, 6) is -4.35. The minimum Gasteiger partial charge on any atom is -0.498 e. The largest absolute Gasteiger partial charge is 0.534 e. The summed E-state index contributed by atoms with van der Waals surface area (Å²) in [7, 11) is 0.213. The van der Waals surface area contributed by atoms with Gasteiger partial charge in [0.25, 0.3) is 0 Å². The quantitative estimate of drug-likeness (QED) is 0.0179. The van der Waals surface area contributed by atoms with Crippen LogP contribution in [0.2, 0.25) is 5.02 Å². The molecule has 3 N–H and O–H groups in total. The van der Waals surface area contributed by atoms with Crippen molar-refractivity contribution in [2.75, 3.05) is 70.1 Å². The monoisotopic (exact) mass is 2840 g/mol. The van der Waals surface area contributed by atoms with Gasteiger partial charge in [-0.1, -0.05) is 118 Å². The maximum absolute atomic E-state index is 12.3.